The molecule has 0 unspecified atom stereocenters. The number of benzene rings is 3. The van der Waals surface area contributed by atoms with Crippen molar-refractivity contribution in [3.05, 3.63) is 95.3 Å². The first-order valence-electron chi connectivity index (χ1n) is 11.0. The minimum atomic E-state index is -0.0976. The van der Waals surface area contributed by atoms with Crippen molar-refractivity contribution >= 4 is 16.9 Å². The van der Waals surface area contributed by atoms with Crippen molar-refractivity contribution in [1.82, 2.24) is 14.9 Å². The van der Waals surface area contributed by atoms with Crippen molar-refractivity contribution in [2.75, 3.05) is 13.7 Å². The van der Waals surface area contributed by atoms with E-state index in [1.54, 1.807) is 31.4 Å². The molecule has 0 saturated heterocycles. The van der Waals surface area contributed by atoms with Gasteiger partial charge in [0.2, 0.25) is 0 Å². The average molecular weight is 428 g/mol. The molecule has 0 radical (unpaired) electrons. The van der Waals surface area contributed by atoms with Crippen LogP contribution in [0.4, 0.5) is 0 Å². The third-order valence-corrected chi connectivity index (χ3v) is 5.71. The summed E-state index contributed by atoms with van der Waals surface area (Å²) >= 11 is 0. The summed E-state index contributed by atoms with van der Waals surface area (Å²) < 4.78 is 7.40. The van der Waals surface area contributed by atoms with Crippen molar-refractivity contribution in [2.45, 2.75) is 32.7 Å². The van der Waals surface area contributed by atoms with Crippen molar-refractivity contribution < 1.29 is 9.53 Å². The Hall–Kier alpha value is -3.60. The highest BCUT2D eigenvalue weighted by Crippen LogP contribution is 2.20. The van der Waals surface area contributed by atoms with Gasteiger partial charge in [0.05, 0.1) is 18.1 Å². The zero-order chi connectivity index (χ0) is 22.5. The molecule has 0 spiro atoms. The van der Waals surface area contributed by atoms with E-state index in [1.165, 1.54) is 11.1 Å². The minimum absolute atomic E-state index is 0.0976. The maximum Gasteiger partial charge on any atom is 0.251 e. The largest absolute Gasteiger partial charge is 0.497 e. The molecule has 0 atom stereocenters. The normalized spacial score (nSPS) is 11.1. The predicted molar refractivity (Wildman–Crippen MR) is 128 cm³/mol. The monoisotopic (exact) mass is 427 g/mol. The molecule has 4 aromatic rings. The second-order valence-electron chi connectivity index (χ2n) is 8.23. The number of aromatic nitrogens is 2. The van der Waals surface area contributed by atoms with E-state index in [9.17, 15) is 4.79 Å². The molecule has 4 rings (SSSR count). The van der Waals surface area contributed by atoms with Gasteiger partial charge < -0.3 is 14.6 Å². The number of para-hydroxylation sites is 2. The van der Waals surface area contributed by atoms with Crippen LogP contribution in [0, 0.1) is 0 Å². The van der Waals surface area contributed by atoms with Gasteiger partial charge in [-0.1, -0.05) is 50.2 Å². The molecule has 0 aliphatic rings. The molecule has 0 aliphatic heterocycles. The third-order valence-electron chi connectivity index (χ3n) is 5.71. The molecular formula is C27H29N3O2. The lowest BCUT2D eigenvalue weighted by Crippen LogP contribution is -2.26. The Morgan fingerprint density at radius 1 is 1.00 bits per heavy atom. The number of rotatable bonds is 8. The highest BCUT2D eigenvalue weighted by Gasteiger charge is 2.12. The fourth-order valence-electron chi connectivity index (χ4n) is 3.82. The molecule has 32 heavy (non-hydrogen) atoms. The molecule has 0 bridgehead atoms. The number of hydrogen-bond acceptors (Lipinski definition) is 3. The van der Waals surface area contributed by atoms with E-state index < -0.39 is 0 Å². The summed E-state index contributed by atoms with van der Waals surface area (Å²) in [4.78, 5) is 17.3. The molecule has 0 saturated carbocycles. The summed E-state index contributed by atoms with van der Waals surface area (Å²) in [5.74, 6) is 2.12. The number of methoxy groups -OCH3 is 1. The van der Waals surface area contributed by atoms with E-state index in [2.05, 4.69) is 54.1 Å². The van der Waals surface area contributed by atoms with Gasteiger partial charge in [0.1, 0.15) is 11.6 Å². The fourth-order valence-corrected chi connectivity index (χ4v) is 3.82. The second kappa shape index (κ2) is 9.69. The van der Waals surface area contributed by atoms with Crippen molar-refractivity contribution in [3.63, 3.8) is 0 Å². The predicted octanol–water partition coefficient (Wildman–Crippen LogP) is 5.19. The fraction of sp³-hybridized carbons (Fsp3) is 0.259. The second-order valence-corrected chi connectivity index (χ2v) is 8.23. The first kappa shape index (κ1) is 21.6. The molecule has 5 heteroatoms. The van der Waals surface area contributed by atoms with Crippen molar-refractivity contribution in [2.24, 2.45) is 0 Å². The summed E-state index contributed by atoms with van der Waals surface area (Å²) in [6.07, 6.45) is 0.653. The first-order chi connectivity index (χ1) is 15.5. The van der Waals surface area contributed by atoms with E-state index in [4.69, 9.17) is 9.72 Å². The van der Waals surface area contributed by atoms with E-state index in [-0.39, 0.29) is 5.91 Å². The quantitative estimate of drug-likeness (QED) is 0.421. The third kappa shape index (κ3) is 4.83. The molecule has 0 fully saturated rings. The Balaban J connectivity index is 1.49. The number of carbonyl (C=O) groups is 1. The van der Waals surface area contributed by atoms with Crippen molar-refractivity contribution in [1.29, 1.82) is 0 Å². The number of ether oxygens (including phenoxy) is 1. The van der Waals surface area contributed by atoms with Crippen LogP contribution < -0.4 is 10.1 Å². The number of amides is 1. The lowest BCUT2D eigenvalue weighted by molar-refractivity contribution is 0.0954. The molecule has 0 aliphatic carbocycles. The van der Waals surface area contributed by atoms with Gasteiger partial charge >= 0.3 is 0 Å². The van der Waals surface area contributed by atoms with E-state index >= 15 is 0 Å². The molecule has 1 aromatic heterocycles. The number of nitrogens with one attached hydrogen (secondary N) is 1. The number of nitrogens with zero attached hydrogens (tertiary/aromatic N) is 2. The number of fused-ring (bicyclic) bond motifs is 1. The minimum Gasteiger partial charge on any atom is -0.497 e. The number of imidazole rings is 1. The zero-order valence-electron chi connectivity index (χ0n) is 18.8. The molecule has 1 amide bonds. The molecule has 1 N–H and O–H groups in total. The lowest BCUT2D eigenvalue weighted by Gasteiger charge is -2.12. The summed E-state index contributed by atoms with van der Waals surface area (Å²) in [7, 11) is 1.61. The van der Waals surface area contributed by atoms with Gasteiger partial charge in [-0.05, 0) is 53.4 Å². The Labute approximate surface area is 189 Å². The maximum atomic E-state index is 12.5. The van der Waals surface area contributed by atoms with Crippen molar-refractivity contribution in [3.8, 4) is 5.75 Å². The highest BCUT2D eigenvalue weighted by molar-refractivity contribution is 5.94. The highest BCUT2D eigenvalue weighted by atomic mass is 16.5. The van der Waals surface area contributed by atoms with Gasteiger partial charge in [-0.15, -0.1) is 0 Å². The van der Waals surface area contributed by atoms with Crippen LogP contribution in [-0.4, -0.2) is 29.1 Å². The van der Waals surface area contributed by atoms with Crippen LogP contribution >= 0.6 is 0 Å². The van der Waals surface area contributed by atoms with Gasteiger partial charge in [-0.2, -0.15) is 0 Å². The van der Waals surface area contributed by atoms with E-state index in [1.807, 2.05) is 18.2 Å². The molecule has 1 heterocycles. The van der Waals surface area contributed by atoms with Crippen LogP contribution in [0.2, 0.25) is 0 Å². The lowest BCUT2D eigenvalue weighted by atomic mass is 10.0. The van der Waals surface area contributed by atoms with Crippen LogP contribution in [-0.2, 0) is 13.0 Å². The smallest absolute Gasteiger partial charge is 0.251 e. The van der Waals surface area contributed by atoms with Crippen LogP contribution in [0.5, 0.6) is 5.75 Å². The molecule has 164 valence electrons. The Morgan fingerprint density at radius 2 is 1.72 bits per heavy atom. The Kier molecular flexibility index (Phi) is 6.55. The summed E-state index contributed by atoms with van der Waals surface area (Å²) in [5.41, 5.74) is 5.27. The first-order valence-corrected chi connectivity index (χ1v) is 11.0. The van der Waals surface area contributed by atoms with E-state index in [0.717, 1.165) is 29.2 Å². The SMILES string of the molecule is COc1ccc(C(=O)NCCc2nc3ccccc3n2Cc2ccc(C(C)C)cc2)cc1. The molecular weight excluding hydrogens is 398 g/mol. The maximum absolute atomic E-state index is 12.5. The van der Waals surface area contributed by atoms with Crippen LogP contribution in [0.1, 0.15) is 47.1 Å². The number of hydrogen-bond donors (Lipinski definition) is 1. The van der Waals surface area contributed by atoms with Gasteiger partial charge in [0, 0.05) is 25.1 Å². The van der Waals surface area contributed by atoms with Crippen LogP contribution in [0.15, 0.2) is 72.8 Å². The molecule has 3 aromatic carbocycles. The average Bonchev–Trinajstić information content (AvgIpc) is 3.16. The standard InChI is InChI=1S/C27H29N3O2/c1-19(2)21-10-8-20(9-11-21)18-30-25-7-5-4-6-24(25)29-26(30)16-17-28-27(31)22-12-14-23(32-3)15-13-22/h4-15,19H,16-18H2,1-3H3,(H,28,31). The Morgan fingerprint density at radius 3 is 2.41 bits per heavy atom. The molecule has 5 nitrogen and oxygen atoms in total. The van der Waals surface area contributed by atoms with E-state index in [0.29, 0.717) is 24.4 Å². The van der Waals surface area contributed by atoms with Gasteiger partial charge in [0.25, 0.3) is 5.91 Å². The van der Waals surface area contributed by atoms with Gasteiger partial charge in [0.15, 0.2) is 0 Å². The Bertz CT molecular complexity index is 1190. The zero-order valence-corrected chi connectivity index (χ0v) is 18.8. The van der Waals surface area contributed by atoms with Crippen LogP contribution in [0.3, 0.4) is 0 Å². The number of carbonyl (C=O) groups excluding carboxylic acids is 1. The van der Waals surface area contributed by atoms with Gasteiger partial charge in [-0.25, -0.2) is 4.98 Å². The van der Waals surface area contributed by atoms with Gasteiger partial charge in [-0.3, -0.25) is 4.79 Å². The summed E-state index contributed by atoms with van der Waals surface area (Å²) in [5, 5.41) is 3.01. The summed E-state index contributed by atoms with van der Waals surface area (Å²) in [6.45, 7) is 5.68. The van der Waals surface area contributed by atoms with Crippen LogP contribution in [0.25, 0.3) is 11.0 Å². The topological polar surface area (TPSA) is 56.1 Å². The summed E-state index contributed by atoms with van der Waals surface area (Å²) in [6, 6.07) is 24.1.